The van der Waals surface area contributed by atoms with Gasteiger partial charge in [-0.05, 0) is 0 Å². The van der Waals surface area contributed by atoms with Crippen LogP contribution in [0.2, 0.25) is 0 Å². The molecule has 0 aromatic rings. The summed E-state index contributed by atoms with van der Waals surface area (Å²) in [5.41, 5.74) is 0. The molecular weight excluding hydrogens is 204 g/mol. The van der Waals surface area contributed by atoms with Gasteiger partial charge in [-0.15, -0.1) is 0 Å². The largest absolute Gasteiger partial charge is 0.481 e. The second kappa shape index (κ2) is 11.6. The van der Waals surface area contributed by atoms with Gasteiger partial charge in [0.05, 0.1) is 29.5 Å². The van der Waals surface area contributed by atoms with Crippen LogP contribution in [0.25, 0.3) is 0 Å². The molecule has 62 valence electrons. The van der Waals surface area contributed by atoms with Gasteiger partial charge in [-0.25, -0.2) is 0 Å². The molecule has 10 heavy (non-hydrogen) atoms. The minimum atomic E-state index is -0.833. The predicted molar refractivity (Wildman–Crippen MR) is 40.1 cm³/mol. The fraction of sp³-hybridized carbons (Fsp3) is 0.800. The zero-order valence-electron chi connectivity index (χ0n) is 5.96. The summed E-state index contributed by atoms with van der Waals surface area (Å²) in [7, 11) is 1.63. The number of carboxylic acid groups (broad SMARTS) is 1. The Hall–Kier alpha value is -0.130. The first-order chi connectivity index (χ1) is 4.65. The maximum Gasteiger partial charge on any atom is 0.300 e. The lowest BCUT2D eigenvalue weighted by Gasteiger charge is -1.89. The number of aliphatic carboxylic acids is 1. The monoisotopic (exact) mass is 214 g/mol. The first-order valence-electron chi connectivity index (χ1n) is 2.57. The van der Waals surface area contributed by atoms with Crippen molar-refractivity contribution < 1.29 is 18.5 Å². The molecule has 0 saturated carbocycles. The number of carboxylic acids is 1. The number of halogens is 1. The SMILES string of the molecule is CC(=O)O.COCCOBr. The highest BCUT2D eigenvalue weighted by atomic mass is 79.9. The van der Waals surface area contributed by atoms with Crippen LogP contribution in [0.15, 0.2) is 0 Å². The number of hydrogen-bond acceptors (Lipinski definition) is 3. The Kier molecular flexibility index (Phi) is 14.6. The zero-order chi connectivity index (χ0) is 8.41. The minimum absolute atomic E-state index is 0.608. The van der Waals surface area contributed by atoms with E-state index in [0.29, 0.717) is 13.2 Å². The molecule has 1 N–H and O–H groups in total. The van der Waals surface area contributed by atoms with Crippen LogP contribution in [0.5, 0.6) is 0 Å². The third-order valence-electron chi connectivity index (χ3n) is 0.365. The van der Waals surface area contributed by atoms with Crippen LogP contribution in [0.1, 0.15) is 6.92 Å². The van der Waals surface area contributed by atoms with Crippen molar-refractivity contribution >= 4 is 22.2 Å². The standard InChI is InChI=1S/C3H7BrO2.C2H4O2/c1-5-2-3-6-4;1-2(3)4/h2-3H2,1H3;1H3,(H,3,4). The van der Waals surface area contributed by atoms with E-state index in [9.17, 15) is 0 Å². The molecule has 0 bridgehead atoms. The van der Waals surface area contributed by atoms with Gasteiger partial charge in [0.25, 0.3) is 5.97 Å². The molecule has 0 rings (SSSR count). The molecule has 0 aromatic heterocycles. The summed E-state index contributed by atoms with van der Waals surface area (Å²) in [5.74, 6) is -0.833. The highest BCUT2D eigenvalue weighted by Crippen LogP contribution is 1.80. The van der Waals surface area contributed by atoms with Crippen LogP contribution in [-0.2, 0) is 13.4 Å². The molecule has 0 aliphatic heterocycles. The summed E-state index contributed by atoms with van der Waals surface area (Å²) in [5, 5.41) is 7.42. The third kappa shape index (κ3) is 45.1. The van der Waals surface area contributed by atoms with Crippen molar-refractivity contribution in [1.29, 1.82) is 0 Å². The summed E-state index contributed by atoms with van der Waals surface area (Å²) in [6.45, 7) is 2.34. The lowest BCUT2D eigenvalue weighted by Crippen LogP contribution is -1.93. The average molecular weight is 215 g/mol. The number of ether oxygens (including phenoxy) is 1. The van der Waals surface area contributed by atoms with Gasteiger partial charge in [-0.3, -0.25) is 4.79 Å². The first-order valence-corrected chi connectivity index (χ1v) is 3.22. The molecule has 4 nitrogen and oxygen atoms in total. The van der Waals surface area contributed by atoms with Gasteiger partial charge >= 0.3 is 0 Å². The van der Waals surface area contributed by atoms with Crippen molar-refractivity contribution in [3.8, 4) is 0 Å². The maximum absolute atomic E-state index is 9.00. The number of methoxy groups -OCH3 is 1. The van der Waals surface area contributed by atoms with E-state index in [-0.39, 0.29) is 0 Å². The van der Waals surface area contributed by atoms with Crippen molar-refractivity contribution in [3.05, 3.63) is 0 Å². The van der Waals surface area contributed by atoms with Crippen LogP contribution in [0.4, 0.5) is 0 Å². The smallest absolute Gasteiger partial charge is 0.300 e. The second-order valence-electron chi connectivity index (χ2n) is 1.33. The molecule has 0 radical (unpaired) electrons. The van der Waals surface area contributed by atoms with Gasteiger partial charge in [0.1, 0.15) is 0 Å². The van der Waals surface area contributed by atoms with E-state index < -0.39 is 5.97 Å². The van der Waals surface area contributed by atoms with E-state index in [0.717, 1.165) is 6.92 Å². The lowest BCUT2D eigenvalue weighted by atomic mass is 10.8. The molecule has 0 spiro atoms. The Bertz CT molecular complexity index is 68.0. The van der Waals surface area contributed by atoms with Gasteiger partial charge < -0.3 is 13.7 Å². The maximum atomic E-state index is 9.00. The molecule has 0 aromatic carbocycles. The van der Waals surface area contributed by atoms with Crippen LogP contribution in [-0.4, -0.2) is 31.4 Å². The van der Waals surface area contributed by atoms with Crippen molar-refractivity contribution in [2.45, 2.75) is 6.92 Å². The van der Waals surface area contributed by atoms with E-state index in [1.165, 1.54) is 0 Å². The Labute approximate surface area is 68.6 Å². The van der Waals surface area contributed by atoms with Crippen LogP contribution >= 0.6 is 16.3 Å². The summed E-state index contributed by atoms with van der Waals surface area (Å²) in [6, 6.07) is 0. The third-order valence-corrected chi connectivity index (χ3v) is 0.688. The van der Waals surface area contributed by atoms with Crippen molar-refractivity contribution in [2.24, 2.45) is 0 Å². The Balaban J connectivity index is 0. The van der Waals surface area contributed by atoms with Gasteiger partial charge in [-0.2, -0.15) is 0 Å². The molecule has 0 aliphatic carbocycles. The van der Waals surface area contributed by atoms with Gasteiger partial charge in [0, 0.05) is 14.0 Å². The summed E-state index contributed by atoms with van der Waals surface area (Å²) in [6.07, 6.45) is 0. The topological polar surface area (TPSA) is 55.8 Å². The number of hydrogen-bond donors (Lipinski definition) is 1. The van der Waals surface area contributed by atoms with E-state index >= 15 is 0 Å². The van der Waals surface area contributed by atoms with E-state index in [1.807, 2.05) is 0 Å². The van der Waals surface area contributed by atoms with Crippen molar-refractivity contribution in [2.75, 3.05) is 20.3 Å². The molecule has 0 aliphatic rings. The zero-order valence-corrected chi connectivity index (χ0v) is 7.55. The van der Waals surface area contributed by atoms with Crippen molar-refractivity contribution in [3.63, 3.8) is 0 Å². The Morgan fingerprint density at radius 2 is 2.00 bits per heavy atom. The Morgan fingerprint density at radius 3 is 2.10 bits per heavy atom. The van der Waals surface area contributed by atoms with Gasteiger partial charge in [-0.1, -0.05) is 0 Å². The highest BCUT2D eigenvalue weighted by molar-refractivity contribution is 9.06. The number of rotatable bonds is 3. The highest BCUT2D eigenvalue weighted by Gasteiger charge is 1.75. The van der Waals surface area contributed by atoms with Crippen LogP contribution in [0, 0.1) is 0 Å². The fourth-order valence-electron chi connectivity index (χ4n) is 0.115. The summed E-state index contributed by atoms with van der Waals surface area (Å²) < 4.78 is 9.10. The normalized spacial score (nSPS) is 7.90. The molecule has 0 atom stereocenters. The van der Waals surface area contributed by atoms with Crippen LogP contribution < -0.4 is 0 Å². The quantitative estimate of drug-likeness (QED) is 0.715. The average Bonchev–Trinajstić information content (AvgIpc) is 1.82. The molecule has 0 saturated heterocycles. The predicted octanol–water partition coefficient (Wildman–Crippen LogP) is 1.05. The molecule has 0 amide bonds. The summed E-state index contributed by atoms with van der Waals surface area (Å²) >= 11 is 2.77. The Morgan fingerprint density at radius 1 is 1.60 bits per heavy atom. The van der Waals surface area contributed by atoms with Gasteiger partial charge in [0.15, 0.2) is 0 Å². The van der Waals surface area contributed by atoms with E-state index in [2.05, 4.69) is 24.8 Å². The van der Waals surface area contributed by atoms with Gasteiger partial charge in [0.2, 0.25) is 0 Å². The molecular formula is C5H11BrO4. The number of carbonyl (C=O) groups is 1. The summed E-state index contributed by atoms with van der Waals surface area (Å²) in [4.78, 5) is 9.00. The van der Waals surface area contributed by atoms with Crippen molar-refractivity contribution in [1.82, 2.24) is 0 Å². The molecule has 0 unspecified atom stereocenters. The van der Waals surface area contributed by atoms with Crippen LogP contribution in [0.3, 0.4) is 0 Å². The molecule has 0 heterocycles. The van der Waals surface area contributed by atoms with E-state index in [1.54, 1.807) is 7.11 Å². The van der Waals surface area contributed by atoms with E-state index in [4.69, 9.17) is 9.90 Å². The minimum Gasteiger partial charge on any atom is -0.481 e. The first kappa shape index (κ1) is 12.5. The fourth-order valence-corrected chi connectivity index (χ4v) is 0.247. The molecule has 5 heteroatoms. The molecule has 0 fully saturated rings. The lowest BCUT2D eigenvalue weighted by molar-refractivity contribution is -0.134. The second-order valence-corrected chi connectivity index (χ2v) is 1.78.